The van der Waals surface area contributed by atoms with Crippen molar-refractivity contribution in [1.82, 2.24) is 19.4 Å². The zero-order chi connectivity index (χ0) is 18.4. The second-order valence-corrected chi connectivity index (χ2v) is 5.53. The van der Waals surface area contributed by atoms with Crippen LogP contribution in [0.5, 0.6) is 12.0 Å². The van der Waals surface area contributed by atoms with Crippen molar-refractivity contribution in [3.8, 4) is 12.0 Å². The number of nitrogens with zero attached hydrogens (tertiary/aromatic N) is 4. The van der Waals surface area contributed by atoms with Gasteiger partial charge in [-0.25, -0.2) is 23.1 Å². The van der Waals surface area contributed by atoms with Crippen molar-refractivity contribution < 1.29 is 38.4 Å². The first-order valence-corrected chi connectivity index (χ1v) is 7.67. The fourth-order valence-corrected chi connectivity index (χ4v) is 1.68. The maximum Gasteiger partial charge on any atom is 0.343 e. The third-order valence-corrected chi connectivity index (χ3v) is 2.85. The van der Waals surface area contributed by atoms with Gasteiger partial charge in [-0.3, -0.25) is 0 Å². The maximum absolute atomic E-state index is 8.49. The Morgan fingerprint density at radius 3 is 1.62 bits per heavy atom. The minimum Gasteiger partial charge on any atom is -0.466 e. The monoisotopic (exact) mass is 360 g/mol. The minimum absolute atomic E-state index is 0.240. The van der Waals surface area contributed by atoms with Crippen LogP contribution in [0.4, 0.5) is 11.6 Å². The molecule has 1 aromatic carbocycles. The number of aromatic nitrogens is 3. The van der Waals surface area contributed by atoms with E-state index in [2.05, 4.69) is 15.0 Å². The van der Waals surface area contributed by atoms with Gasteiger partial charge in [-0.15, -0.1) is 25.2 Å². The zero-order valence-corrected chi connectivity index (χ0v) is 14.3. The highest BCUT2D eigenvalue weighted by Crippen LogP contribution is 2.28. The summed E-state index contributed by atoms with van der Waals surface area (Å²) in [6, 6.07) is 10.4. The number of methoxy groups -OCH3 is 2. The Morgan fingerprint density at radius 1 is 0.833 bits per heavy atom. The Hall–Kier alpha value is -2.08. The Morgan fingerprint density at radius 2 is 1.25 bits per heavy atom. The molecule has 24 heavy (non-hydrogen) atoms. The normalized spacial score (nSPS) is 11.3. The quantitative estimate of drug-likeness (QED) is 0.520. The largest absolute Gasteiger partial charge is 0.466 e. The molecule has 0 N–H and O–H groups in total. The second-order valence-electron chi connectivity index (χ2n) is 4.78. The molecule has 2 rings (SSSR count). The predicted octanol–water partition coefficient (Wildman–Crippen LogP) is -2.97. The van der Waals surface area contributed by atoms with E-state index in [0.717, 1.165) is 5.69 Å². The van der Waals surface area contributed by atoms with Crippen molar-refractivity contribution in [3.63, 3.8) is 0 Å². The third-order valence-electron chi connectivity index (χ3n) is 2.85. The average Bonchev–Trinajstić information content (AvgIpc) is 2.53. The fraction of sp³-hybridized carbons (Fsp3) is 0.308. The molecule has 0 amide bonds. The summed E-state index contributed by atoms with van der Waals surface area (Å²) < 4.78 is 44.5. The van der Waals surface area contributed by atoms with Crippen molar-refractivity contribution in [3.05, 3.63) is 30.3 Å². The molecule has 0 saturated carbocycles. The summed E-state index contributed by atoms with van der Waals surface area (Å²) in [4.78, 5) is 12.6. The fourth-order valence-electron chi connectivity index (χ4n) is 1.68. The van der Waals surface area contributed by atoms with Gasteiger partial charge in [0.25, 0.3) is 0 Å². The van der Waals surface area contributed by atoms with E-state index in [1.807, 2.05) is 44.4 Å². The van der Waals surface area contributed by atoms with Crippen LogP contribution in [-0.4, -0.2) is 43.3 Å². The minimum atomic E-state index is -4.94. The average molecular weight is 361 g/mol. The Kier molecular flexibility index (Phi) is 6.78. The summed E-state index contributed by atoms with van der Waals surface area (Å²) in [5.41, 5.74) is 1.05. The summed E-state index contributed by atoms with van der Waals surface area (Å²) in [5, 5.41) is 0. The van der Waals surface area contributed by atoms with Gasteiger partial charge < -0.3 is 9.47 Å². The van der Waals surface area contributed by atoms with E-state index >= 15 is 0 Å². The first-order valence-electron chi connectivity index (χ1n) is 6.44. The van der Waals surface area contributed by atoms with E-state index in [9.17, 15) is 0 Å². The van der Waals surface area contributed by atoms with Gasteiger partial charge in [-0.1, -0.05) is 18.2 Å². The summed E-state index contributed by atoms with van der Waals surface area (Å²) in [7, 11) is 2.06. The lowest BCUT2D eigenvalue weighted by Gasteiger charge is -2.25. The first-order chi connectivity index (χ1) is 11.1. The van der Waals surface area contributed by atoms with Gasteiger partial charge in [0, 0.05) is 0 Å². The number of benzene rings is 1. The molecule has 0 aliphatic rings. The van der Waals surface area contributed by atoms with Crippen LogP contribution in [-0.2, 0) is 0 Å². The van der Waals surface area contributed by atoms with Crippen molar-refractivity contribution in [2.24, 2.45) is 0 Å². The van der Waals surface area contributed by atoms with Crippen LogP contribution in [0.1, 0.15) is 0 Å². The molecule has 0 radical (unpaired) electrons. The van der Waals surface area contributed by atoms with E-state index in [-0.39, 0.29) is 12.0 Å². The molecule has 0 bridgehead atoms. The van der Waals surface area contributed by atoms with Crippen LogP contribution in [0.3, 0.4) is 0 Å². The summed E-state index contributed by atoms with van der Waals surface area (Å²) in [6.07, 6.45) is 0. The summed E-state index contributed by atoms with van der Waals surface area (Å²) in [5.74, 6) is 0.551. The Balaban J connectivity index is 0.000000505. The maximum atomic E-state index is 8.49. The molecule has 0 aliphatic carbocycles. The number of hydrogen-bond donors (Lipinski definition) is 0. The Bertz CT molecular complexity index is 622. The van der Waals surface area contributed by atoms with E-state index in [1.165, 1.54) is 14.2 Å². The lowest BCUT2D eigenvalue weighted by Crippen LogP contribution is -2.68. The molecule has 132 valence electrons. The highest BCUT2D eigenvalue weighted by atomic mass is 35.7. The lowest BCUT2D eigenvalue weighted by atomic mass is 10.3. The number of ether oxygens (including phenoxy) is 2. The lowest BCUT2D eigenvalue weighted by molar-refractivity contribution is -2.00. The van der Waals surface area contributed by atoms with Crippen LogP contribution < -0.4 is 32.6 Å². The van der Waals surface area contributed by atoms with Crippen LogP contribution >= 0.6 is 0 Å². The molecule has 1 heterocycles. The van der Waals surface area contributed by atoms with Crippen LogP contribution in [0.15, 0.2) is 30.3 Å². The van der Waals surface area contributed by atoms with E-state index in [4.69, 9.17) is 28.1 Å². The van der Waals surface area contributed by atoms with Crippen molar-refractivity contribution in [2.75, 3.05) is 28.3 Å². The highest BCUT2D eigenvalue weighted by molar-refractivity contribution is 5.50. The molecule has 0 unspecified atom stereocenters. The number of hydrogen-bond acceptors (Lipinski definition) is 9. The molecule has 2 aromatic rings. The molecular formula is C13H17ClN4O6. The molecule has 11 heteroatoms. The molecule has 10 nitrogen and oxygen atoms in total. The second kappa shape index (κ2) is 8.15. The molecule has 0 aliphatic heterocycles. The van der Waals surface area contributed by atoms with Gasteiger partial charge in [0.2, 0.25) is 0 Å². The van der Waals surface area contributed by atoms with Gasteiger partial charge in [0.05, 0.1) is 28.3 Å². The topological polar surface area (TPSA) is 149 Å². The predicted molar refractivity (Wildman–Crippen MR) is 72.7 cm³/mol. The highest BCUT2D eigenvalue weighted by Gasteiger charge is 2.28. The van der Waals surface area contributed by atoms with Gasteiger partial charge in [0.1, 0.15) is 5.69 Å². The number of halogens is 1. The van der Waals surface area contributed by atoms with E-state index < -0.39 is 10.2 Å². The van der Waals surface area contributed by atoms with Crippen molar-refractivity contribution in [1.29, 1.82) is 0 Å². The smallest absolute Gasteiger partial charge is 0.343 e. The van der Waals surface area contributed by atoms with Crippen LogP contribution in [0.2, 0.25) is 0 Å². The molecular weight excluding hydrogens is 344 g/mol. The van der Waals surface area contributed by atoms with Crippen LogP contribution in [0.25, 0.3) is 0 Å². The number of quaternary nitrogens is 1. The van der Waals surface area contributed by atoms with Crippen molar-refractivity contribution in [2.45, 2.75) is 0 Å². The first kappa shape index (κ1) is 20.0. The molecule has 0 spiro atoms. The standard InChI is InChI=1S/C13H17N4O2.ClHO4/c1-17(2,10-8-6-5-7-9-10)11-14-12(18-3)16-13(15-11)19-4;2-1(3,4)5/h5-9H,1-4H3;(H,2,3,4,5)/q+1;/p-1. The van der Waals surface area contributed by atoms with Gasteiger partial charge >= 0.3 is 18.0 Å². The molecule has 0 atom stereocenters. The third kappa shape index (κ3) is 6.20. The van der Waals surface area contributed by atoms with Gasteiger partial charge in [-0.05, 0) is 12.1 Å². The van der Waals surface area contributed by atoms with E-state index in [0.29, 0.717) is 10.4 Å². The molecule has 0 saturated heterocycles. The summed E-state index contributed by atoms with van der Waals surface area (Å²) in [6.45, 7) is 0. The van der Waals surface area contributed by atoms with Crippen molar-refractivity contribution >= 4 is 11.6 Å². The van der Waals surface area contributed by atoms with Crippen LogP contribution in [0, 0.1) is 10.2 Å². The zero-order valence-electron chi connectivity index (χ0n) is 13.5. The molecule has 0 fully saturated rings. The summed E-state index contributed by atoms with van der Waals surface area (Å²) >= 11 is 0. The SMILES string of the molecule is COc1nc(OC)nc([N+](C)(C)c2ccccc2)n1.[O-][Cl+3]([O-])([O-])[O-]. The van der Waals surface area contributed by atoms with E-state index in [1.54, 1.807) is 0 Å². The van der Waals surface area contributed by atoms with Gasteiger partial charge in [-0.2, -0.15) is 0 Å². The van der Waals surface area contributed by atoms with Gasteiger partial charge in [0.15, 0.2) is 0 Å². The number of rotatable bonds is 4. The Labute approximate surface area is 140 Å². The number of para-hydroxylation sites is 1. The molecule has 1 aromatic heterocycles.